The van der Waals surface area contributed by atoms with Gasteiger partial charge in [0.1, 0.15) is 32.7 Å². The summed E-state index contributed by atoms with van der Waals surface area (Å²) in [6.45, 7) is -0.0136. The zero-order valence-electron chi connectivity index (χ0n) is 20.0. The standard InChI is InChI=1S/C25H18F3N5O5S/c1-36-13-4-6-14(7-5-13)38-12-33-9-8-16(32-33)23(35)31-20-19-15(17-3-2-10-37-17)11-18(25(26,27)28)30-24(19)39-21(20)22(29)34/h2-11H,12H2,1H3,(H2,29,34)(H,31,35). The number of amides is 2. The number of hydrogen-bond acceptors (Lipinski definition) is 8. The fourth-order valence-electron chi connectivity index (χ4n) is 3.71. The van der Waals surface area contributed by atoms with Gasteiger partial charge in [-0.25, -0.2) is 9.67 Å². The monoisotopic (exact) mass is 557 g/mol. The molecule has 0 spiro atoms. The fraction of sp³-hybridized carbons (Fsp3) is 0.120. The van der Waals surface area contributed by atoms with E-state index in [9.17, 15) is 22.8 Å². The number of fused-ring (bicyclic) bond motifs is 1. The number of hydrogen-bond donors (Lipinski definition) is 2. The minimum Gasteiger partial charge on any atom is -0.497 e. The van der Waals surface area contributed by atoms with Crippen molar-refractivity contribution in [2.45, 2.75) is 12.9 Å². The molecule has 200 valence electrons. The Hall–Kier alpha value is -4.85. The maximum absolute atomic E-state index is 13.6. The SMILES string of the molecule is COc1ccc(OCn2ccc(C(=O)Nc3c(C(N)=O)sc4nc(C(F)(F)F)cc(-c5ccco5)c34)n2)cc1. The Kier molecular flexibility index (Phi) is 6.70. The number of alkyl halides is 3. The van der Waals surface area contributed by atoms with Gasteiger partial charge in [-0.1, -0.05) is 0 Å². The van der Waals surface area contributed by atoms with Crippen LogP contribution in [0.1, 0.15) is 25.9 Å². The number of methoxy groups -OCH3 is 1. The lowest BCUT2D eigenvalue weighted by atomic mass is 10.1. The Morgan fingerprint density at radius 1 is 1.15 bits per heavy atom. The van der Waals surface area contributed by atoms with Gasteiger partial charge >= 0.3 is 6.18 Å². The van der Waals surface area contributed by atoms with Crippen LogP contribution in [-0.2, 0) is 12.9 Å². The molecule has 2 amide bonds. The van der Waals surface area contributed by atoms with Gasteiger partial charge in [0, 0.05) is 17.1 Å². The van der Waals surface area contributed by atoms with E-state index >= 15 is 0 Å². The van der Waals surface area contributed by atoms with Crippen LogP contribution in [0.2, 0.25) is 0 Å². The Balaban J connectivity index is 1.46. The summed E-state index contributed by atoms with van der Waals surface area (Å²) in [5.74, 6) is -0.394. The second-order valence-electron chi connectivity index (χ2n) is 8.02. The topological polar surface area (TPSA) is 134 Å². The maximum atomic E-state index is 13.6. The van der Waals surface area contributed by atoms with Gasteiger partial charge in [0.05, 0.1) is 19.1 Å². The molecule has 39 heavy (non-hydrogen) atoms. The minimum absolute atomic E-state index is 0.0136. The van der Waals surface area contributed by atoms with Crippen LogP contribution in [0.15, 0.2) is 65.4 Å². The predicted octanol–water partition coefficient (Wildman–Crippen LogP) is 5.17. The van der Waals surface area contributed by atoms with Crippen molar-refractivity contribution in [2.75, 3.05) is 12.4 Å². The van der Waals surface area contributed by atoms with Crippen LogP contribution in [0.4, 0.5) is 18.9 Å². The number of nitrogens with zero attached hydrogens (tertiary/aromatic N) is 3. The van der Waals surface area contributed by atoms with Crippen molar-refractivity contribution in [1.82, 2.24) is 14.8 Å². The van der Waals surface area contributed by atoms with Gasteiger partial charge in [-0.2, -0.15) is 18.3 Å². The highest BCUT2D eigenvalue weighted by molar-refractivity contribution is 7.21. The number of anilines is 1. The quantitative estimate of drug-likeness (QED) is 0.269. The largest absolute Gasteiger partial charge is 0.497 e. The molecule has 14 heteroatoms. The number of aromatic nitrogens is 3. The molecule has 0 bridgehead atoms. The molecule has 0 aliphatic heterocycles. The van der Waals surface area contributed by atoms with Crippen molar-refractivity contribution < 1.29 is 36.7 Å². The number of nitrogens with two attached hydrogens (primary N) is 1. The summed E-state index contributed by atoms with van der Waals surface area (Å²) in [5.41, 5.74) is 4.17. The fourth-order valence-corrected chi connectivity index (χ4v) is 4.71. The van der Waals surface area contributed by atoms with Crippen LogP contribution >= 0.6 is 11.3 Å². The molecule has 5 aromatic rings. The number of carbonyl (C=O) groups excluding carboxylic acids is 2. The van der Waals surface area contributed by atoms with E-state index in [4.69, 9.17) is 19.6 Å². The van der Waals surface area contributed by atoms with Crippen molar-refractivity contribution in [3.8, 4) is 22.8 Å². The molecule has 0 aliphatic carbocycles. The van der Waals surface area contributed by atoms with Crippen molar-refractivity contribution in [1.29, 1.82) is 0 Å². The molecule has 4 aromatic heterocycles. The zero-order chi connectivity index (χ0) is 27.7. The summed E-state index contributed by atoms with van der Waals surface area (Å²) in [5, 5.41) is 6.82. The summed E-state index contributed by atoms with van der Waals surface area (Å²) in [7, 11) is 1.55. The van der Waals surface area contributed by atoms with E-state index in [2.05, 4.69) is 15.4 Å². The Bertz CT molecular complexity index is 1660. The van der Waals surface area contributed by atoms with E-state index < -0.39 is 23.7 Å². The van der Waals surface area contributed by atoms with Crippen LogP contribution in [0, 0.1) is 0 Å². The molecular weight excluding hydrogens is 539 g/mol. The molecule has 0 unspecified atom stereocenters. The molecule has 0 saturated carbocycles. The number of primary amides is 1. The first kappa shape index (κ1) is 25.8. The van der Waals surface area contributed by atoms with Crippen molar-refractivity contribution in [2.24, 2.45) is 5.73 Å². The lowest BCUT2D eigenvalue weighted by Crippen LogP contribution is -2.18. The summed E-state index contributed by atoms with van der Waals surface area (Å²) >= 11 is 0.628. The van der Waals surface area contributed by atoms with Gasteiger partial charge < -0.3 is 24.9 Å². The van der Waals surface area contributed by atoms with Crippen molar-refractivity contribution >= 4 is 39.1 Å². The number of thiophene rings is 1. The maximum Gasteiger partial charge on any atom is 0.433 e. The minimum atomic E-state index is -4.77. The zero-order valence-corrected chi connectivity index (χ0v) is 20.8. The van der Waals surface area contributed by atoms with Gasteiger partial charge in [0.2, 0.25) is 0 Å². The Labute approximate surface area is 221 Å². The molecule has 3 N–H and O–H groups in total. The van der Waals surface area contributed by atoms with E-state index in [1.54, 1.807) is 31.4 Å². The van der Waals surface area contributed by atoms with Gasteiger partial charge in [0.15, 0.2) is 12.4 Å². The molecule has 4 heterocycles. The predicted molar refractivity (Wildman–Crippen MR) is 135 cm³/mol. The highest BCUT2D eigenvalue weighted by Gasteiger charge is 2.35. The van der Waals surface area contributed by atoms with Crippen LogP contribution in [0.3, 0.4) is 0 Å². The lowest BCUT2D eigenvalue weighted by Gasteiger charge is -2.10. The number of pyridine rings is 1. The summed E-state index contributed by atoms with van der Waals surface area (Å²) in [6.07, 6.45) is -1.98. The number of ether oxygens (including phenoxy) is 2. The van der Waals surface area contributed by atoms with E-state index in [1.165, 1.54) is 35.3 Å². The third-order valence-electron chi connectivity index (χ3n) is 5.50. The number of furan rings is 1. The number of nitrogens with one attached hydrogen (secondary N) is 1. The lowest BCUT2D eigenvalue weighted by molar-refractivity contribution is -0.140. The average Bonchev–Trinajstić information content (AvgIpc) is 3.67. The number of halogens is 3. The van der Waals surface area contributed by atoms with Crippen LogP contribution < -0.4 is 20.5 Å². The van der Waals surface area contributed by atoms with Crippen LogP contribution in [0.25, 0.3) is 21.5 Å². The average molecular weight is 558 g/mol. The van der Waals surface area contributed by atoms with E-state index in [0.717, 1.165) is 6.07 Å². The third-order valence-corrected chi connectivity index (χ3v) is 6.60. The van der Waals surface area contributed by atoms with Gasteiger partial charge in [0.25, 0.3) is 11.8 Å². The van der Waals surface area contributed by atoms with E-state index in [-0.39, 0.29) is 44.5 Å². The van der Waals surface area contributed by atoms with Gasteiger partial charge in [-0.3, -0.25) is 9.59 Å². The van der Waals surface area contributed by atoms with Crippen molar-refractivity contribution in [3.05, 3.63) is 77.3 Å². The molecule has 5 rings (SSSR count). The summed E-state index contributed by atoms with van der Waals surface area (Å²) in [6, 6.07) is 12.0. The number of rotatable bonds is 8. The van der Waals surface area contributed by atoms with Gasteiger partial charge in [-0.05, 0) is 48.5 Å². The molecule has 1 aromatic carbocycles. The smallest absolute Gasteiger partial charge is 0.433 e. The van der Waals surface area contributed by atoms with E-state index in [1.807, 2.05) is 0 Å². The Morgan fingerprint density at radius 3 is 2.54 bits per heavy atom. The highest BCUT2D eigenvalue weighted by atomic mass is 32.1. The number of benzene rings is 1. The Morgan fingerprint density at radius 2 is 1.90 bits per heavy atom. The molecule has 10 nitrogen and oxygen atoms in total. The second kappa shape index (κ2) is 10.1. The van der Waals surface area contributed by atoms with E-state index in [0.29, 0.717) is 22.8 Å². The van der Waals surface area contributed by atoms with Crippen LogP contribution in [0.5, 0.6) is 11.5 Å². The highest BCUT2D eigenvalue weighted by Crippen LogP contribution is 2.43. The first-order valence-electron chi connectivity index (χ1n) is 11.1. The van der Waals surface area contributed by atoms with Crippen molar-refractivity contribution in [3.63, 3.8) is 0 Å². The summed E-state index contributed by atoms with van der Waals surface area (Å²) in [4.78, 5) is 28.7. The number of carbonyl (C=O) groups is 2. The molecule has 0 aliphatic rings. The molecule has 0 saturated heterocycles. The molecule has 0 radical (unpaired) electrons. The first-order chi connectivity index (χ1) is 18.6. The van der Waals surface area contributed by atoms with Crippen LogP contribution in [-0.4, -0.2) is 33.7 Å². The molecule has 0 fully saturated rings. The molecule has 0 atom stereocenters. The first-order valence-corrected chi connectivity index (χ1v) is 12.0. The second-order valence-corrected chi connectivity index (χ2v) is 9.02. The summed E-state index contributed by atoms with van der Waals surface area (Å²) < 4.78 is 58.1. The van der Waals surface area contributed by atoms with Gasteiger partial charge in [-0.15, -0.1) is 11.3 Å². The molecular formula is C25H18F3N5O5S. The normalized spacial score (nSPS) is 11.5. The third kappa shape index (κ3) is 5.27.